The highest BCUT2D eigenvalue weighted by Crippen LogP contribution is 2.50. The number of rotatable bonds is 22. The molecule has 0 spiro atoms. The number of carbonyl (C=O) groups is 8. The van der Waals surface area contributed by atoms with Gasteiger partial charge in [0.2, 0.25) is 59.3 Å². The number of carbonyl (C=O) groups excluding carboxylic acids is 8. The molecule has 11 bridgehead atoms. The molecule has 670 valence electrons. The minimum atomic E-state index is -2.31. The molecular weight excluding hydrogens is 1670 g/mol. The fourth-order valence-electron chi connectivity index (χ4n) is 16.7. The van der Waals surface area contributed by atoms with Gasteiger partial charge in [-0.3, -0.25) is 38.4 Å². The molecule has 4 aromatic carbocycles. The molecule has 37 heteroatoms. The highest BCUT2D eigenvalue weighted by Gasteiger charge is 2.54. The van der Waals surface area contributed by atoms with Crippen molar-refractivity contribution in [3.05, 3.63) is 176 Å². The smallest absolute Gasteiger partial charge is 0.248 e. The molecule has 22 atom stereocenters. The molecule has 3 fully saturated rings. The molecule has 14 rings (SSSR count). The average Bonchev–Trinajstić information content (AvgIpc) is 0.767. The standard InChI is InChI=1S/C87H108Cl3N11O23/c1-10-87(94-37-42-12-14-43(15-13-42)44-16-20-48(88)21-17-44)36-64(119-41(5)78(87)111)123-77-75(110)74(109)62(38-102)122-86(77)124-76-60-31-47-32-61(76)121-59-25-22-50(40(4)66(59)90)73(108)71-85(118)98-69(81(114)93-26-11-27-101(7,8)9)52-33-49(103)34-57(105)65(52)51-29-45(18-23-56(51)104)67(82(115)100-71)97-83(116)68(47)96-80(113)55(35-63(91)106)95-84(117)70(99-79(112)54(92-6)28-39(2)3)72(107)46-19-24-58(120-60)53(89)30-46/h12-25,30-33,39-41,49,51,54-55,62,64,66-75,77-78,86,92,94,102-103,107-111H,10-11,26-29,34-38H2,1-9H3,(H10-,91,93,95,96,97,98,99,100,104,105,106,112,113,114,115,116,117,118)/p+1/t40?,41?,49?,51?,54-,55+,62?,64+,66?,67?,68-,69+,70-,71+,72-,73-,74?,75+,77?,78-,86-,87?/m1/s1. The largest absolute Gasteiger partial charge is 0.512 e. The summed E-state index contributed by atoms with van der Waals surface area (Å²) in [4.78, 5) is 121. The van der Waals surface area contributed by atoms with Crippen LogP contribution in [0.4, 0.5) is 0 Å². The summed E-state index contributed by atoms with van der Waals surface area (Å²) >= 11 is 21.0. The first-order valence-corrected chi connectivity index (χ1v) is 42.4. The van der Waals surface area contributed by atoms with E-state index in [2.05, 4.69) is 47.9 Å². The Morgan fingerprint density at radius 3 is 2.08 bits per heavy atom. The molecular formula is C87H109Cl3N11O23+. The summed E-state index contributed by atoms with van der Waals surface area (Å²) in [6.07, 6.45) is -13.9. The van der Waals surface area contributed by atoms with E-state index >= 15 is 24.0 Å². The number of nitrogens with two attached hydrogens (primary N) is 1. The van der Waals surface area contributed by atoms with E-state index < -0.39 is 240 Å². The number of likely N-dealkylation sites (N-methyl/N-ethyl adjacent to an activating group) is 1. The van der Waals surface area contributed by atoms with Gasteiger partial charge in [-0.05, 0) is 138 Å². The summed E-state index contributed by atoms with van der Waals surface area (Å²) in [7, 11) is 7.32. The fraction of sp³-hybridized carbons (Fsp3) is 0.494. The first-order valence-electron chi connectivity index (χ1n) is 41.2. The number of halogens is 3. The van der Waals surface area contributed by atoms with Crippen molar-refractivity contribution >= 4 is 82.1 Å². The lowest BCUT2D eigenvalue weighted by Crippen LogP contribution is -2.66. The molecule has 124 heavy (non-hydrogen) atoms. The molecule has 4 aromatic rings. The Hall–Kier alpha value is -9.57. The number of amides is 8. The van der Waals surface area contributed by atoms with Crippen molar-refractivity contribution in [3.63, 3.8) is 0 Å². The van der Waals surface area contributed by atoms with Crippen LogP contribution in [0.15, 0.2) is 149 Å². The predicted molar refractivity (Wildman–Crippen MR) is 452 cm³/mol. The van der Waals surface area contributed by atoms with Crippen molar-refractivity contribution in [2.75, 3.05) is 47.9 Å². The number of nitrogens with zero attached hydrogens (tertiary/aromatic N) is 1. The lowest BCUT2D eigenvalue weighted by Gasteiger charge is -2.49. The molecule has 8 amide bonds. The molecule has 10 unspecified atom stereocenters. The average molecular weight is 1780 g/mol. The Labute approximate surface area is 731 Å². The Morgan fingerprint density at radius 1 is 0.750 bits per heavy atom. The molecule has 10 aliphatic rings. The summed E-state index contributed by atoms with van der Waals surface area (Å²) in [6, 6.07) is 7.45. The van der Waals surface area contributed by atoms with Crippen LogP contribution in [0.5, 0.6) is 23.0 Å². The molecule has 0 saturated carbocycles. The topological polar surface area (TPSA) is 508 Å². The van der Waals surface area contributed by atoms with Crippen LogP contribution in [0.2, 0.25) is 10.0 Å². The van der Waals surface area contributed by atoms with Crippen molar-refractivity contribution in [1.82, 2.24) is 47.9 Å². The van der Waals surface area contributed by atoms with Crippen LogP contribution in [0.3, 0.4) is 0 Å². The number of hydrogen-bond acceptors (Lipinski definition) is 25. The highest BCUT2D eigenvalue weighted by atomic mass is 35.5. The molecule has 34 nitrogen and oxygen atoms in total. The lowest BCUT2D eigenvalue weighted by molar-refractivity contribution is -0.870. The summed E-state index contributed by atoms with van der Waals surface area (Å²) in [5.41, 5.74) is 6.28. The number of nitrogens with one attached hydrogen (secondary N) is 9. The predicted octanol–water partition coefficient (Wildman–Crippen LogP) is 3.17. The van der Waals surface area contributed by atoms with Gasteiger partial charge in [-0.25, -0.2) is 0 Å². The maximum Gasteiger partial charge on any atom is 0.248 e. The summed E-state index contributed by atoms with van der Waals surface area (Å²) in [6.45, 7) is 8.54. The van der Waals surface area contributed by atoms with E-state index in [0.717, 1.165) is 34.9 Å². The van der Waals surface area contributed by atoms with Gasteiger partial charge in [0.25, 0.3) is 0 Å². The molecule has 3 saturated heterocycles. The molecule has 7 aliphatic heterocycles. The summed E-state index contributed by atoms with van der Waals surface area (Å²) in [5.74, 6) is -15.4. The highest BCUT2D eigenvalue weighted by molar-refractivity contribution is 6.32. The van der Waals surface area contributed by atoms with Crippen LogP contribution in [-0.4, -0.2) is 254 Å². The van der Waals surface area contributed by atoms with Crippen LogP contribution >= 0.6 is 34.8 Å². The monoisotopic (exact) mass is 1780 g/mol. The third-order valence-electron chi connectivity index (χ3n) is 23.7. The third kappa shape index (κ3) is 21.1. The van der Waals surface area contributed by atoms with Gasteiger partial charge < -0.3 is 132 Å². The van der Waals surface area contributed by atoms with Crippen LogP contribution in [0, 0.1) is 17.8 Å². The zero-order chi connectivity index (χ0) is 89.8. The number of alkyl halides is 1. The van der Waals surface area contributed by atoms with Crippen molar-refractivity contribution in [2.45, 2.75) is 207 Å². The zero-order valence-electron chi connectivity index (χ0n) is 69.8. The maximum absolute atomic E-state index is 16.5. The number of fused-ring (bicyclic) bond motifs is 15. The minimum absolute atomic E-state index is 0.0478. The molecule has 0 radical (unpaired) electrons. The van der Waals surface area contributed by atoms with E-state index in [1.54, 1.807) is 19.1 Å². The van der Waals surface area contributed by atoms with Gasteiger partial charge in [0.15, 0.2) is 23.9 Å². The van der Waals surface area contributed by atoms with Crippen molar-refractivity contribution < 1.29 is 117 Å². The van der Waals surface area contributed by atoms with Crippen molar-refractivity contribution in [1.29, 1.82) is 0 Å². The Balaban J connectivity index is 1.04. The number of ether oxygens (including phenoxy) is 6. The van der Waals surface area contributed by atoms with Crippen molar-refractivity contribution in [2.24, 2.45) is 23.5 Å². The second kappa shape index (κ2) is 39.5. The van der Waals surface area contributed by atoms with Gasteiger partial charge in [-0.2, -0.15) is 0 Å². The van der Waals surface area contributed by atoms with E-state index in [1.807, 2.05) is 78.3 Å². The fourth-order valence-corrected chi connectivity index (χ4v) is 17.4. The number of quaternary nitrogens is 1. The Kier molecular flexibility index (Phi) is 29.8. The van der Waals surface area contributed by atoms with Crippen molar-refractivity contribution in [3.8, 4) is 34.1 Å². The van der Waals surface area contributed by atoms with E-state index in [4.69, 9.17) is 69.0 Å². The van der Waals surface area contributed by atoms with Crippen LogP contribution in [0.1, 0.15) is 108 Å². The molecule has 7 heterocycles. The number of allylic oxidation sites excluding steroid dienone is 6. The van der Waals surface area contributed by atoms with Crippen LogP contribution in [0.25, 0.3) is 11.1 Å². The second-order valence-electron chi connectivity index (χ2n) is 34.0. The van der Waals surface area contributed by atoms with Crippen LogP contribution in [-0.2, 0) is 59.1 Å². The quantitative estimate of drug-likeness (QED) is 0.0305. The van der Waals surface area contributed by atoms with E-state index in [9.17, 15) is 60.3 Å². The third-order valence-corrected chi connectivity index (χ3v) is 24.8. The summed E-state index contributed by atoms with van der Waals surface area (Å²) in [5, 5.41) is 132. The van der Waals surface area contributed by atoms with E-state index in [0.29, 0.717) is 22.5 Å². The molecule has 20 N–H and O–H groups in total. The van der Waals surface area contributed by atoms with E-state index in [-0.39, 0.29) is 82.7 Å². The molecule has 0 aromatic heterocycles. The Bertz CT molecular complexity index is 4890. The number of aliphatic hydroxyl groups excluding tert-OH is 9. The van der Waals surface area contributed by atoms with Gasteiger partial charge >= 0.3 is 0 Å². The van der Waals surface area contributed by atoms with Gasteiger partial charge in [0.1, 0.15) is 84.0 Å². The van der Waals surface area contributed by atoms with Crippen LogP contribution < -0.4 is 67.8 Å². The lowest BCUT2D eigenvalue weighted by atomic mass is 9.75. The molecule has 3 aliphatic carbocycles. The first kappa shape index (κ1) is 93.6. The van der Waals surface area contributed by atoms with Gasteiger partial charge in [-0.1, -0.05) is 106 Å². The minimum Gasteiger partial charge on any atom is -0.512 e. The van der Waals surface area contributed by atoms with Gasteiger partial charge in [0.05, 0.1) is 86.8 Å². The second-order valence-corrected chi connectivity index (χ2v) is 35.3. The van der Waals surface area contributed by atoms with E-state index in [1.165, 1.54) is 56.5 Å². The van der Waals surface area contributed by atoms with Gasteiger partial charge in [-0.15, -0.1) is 11.6 Å². The maximum atomic E-state index is 16.5. The SMILES string of the molecule is CCC1(NCc2ccc(-c3ccc(Cl)cc3)cc2)C[C@H](OC2[C@@H](Oc3c4cc5cc3Oc3ccc(cc3Cl)[C@@H](O)[C@@H](NC(=O)[C@@H](CC(C)C)NC)C(=O)N[C@@H](CC(N)=O)C(=O)N[C@H]5C(=O)NC3C(=O)N[C@H](C(=O)N[C@H](C(=O)NCCC[N+](C)(C)C)C5=CC(O)CC(O)=C5C5CC3=CC=C5O)[C@H](O)C3=CC=C(O4)C(Cl)C3C)OC(CO)C(O)[C@@H]2O)OC(C)[C@H]1O. The summed E-state index contributed by atoms with van der Waals surface area (Å²) < 4.78 is 40.8. The Morgan fingerprint density at radius 2 is 1.43 bits per heavy atom. The van der Waals surface area contributed by atoms with Gasteiger partial charge in [0, 0.05) is 54.8 Å². The number of primary amides is 1. The number of benzene rings is 4. The number of hydrogen-bond donors (Lipinski definition) is 19. The number of aliphatic hydroxyl groups is 9. The first-order chi connectivity index (χ1) is 58.8. The zero-order valence-corrected chi connectivity index (χ0v) is 72.0. The normalized spacial score (nSPS) is 30.8.